The Labute approximate surface area is 206 Å². The molecule has 1 aromatic heterocycles. The smallest absolute Gasteiger partial charge is 0.414 e. The molecule has 2 amide bonds. The lowest BCUT2D eigenvalue weighted by Crippen LogP contribution is -2.52. The summed E-state index contributed by atoms with van der Waals surface area (Å²) >= 11 is 0. The first kappa shape index (κ1) is 22.4. The third kappa shape index (κ3) is 4.44. The van der Waals surface area contributed by atoms with Crippen molar-refractivity contribution < 1.29 is 28.5 Å². The van der Waals surface area contributed by atoms with Gasteiger partial charge in [-0.3, -0.25) is 14.6 Å². The fourth-order valence-electron chi connectivity index (χ4n) is 4.66. The Morgan fingerprint density at radius 1 is 1.11 bits per heavy atom. The summed E-state index contributed by atoms with van der Waals surface area (Å²) in [6.45, 7) is 3.34. The van der Waals surface area contributed by atoms with Gasteiger partial charge in [-0.2, -0.15) is 0 Å². The molecule has 6 rings (SSSR count). The van der Waals surface area contributed by atoms with Crippen LogP contribution in [0.2, 0.25) is 0 Å². The maximum Gasteiger partial charge on any atom is 0.414 e. The summed E-state index contributed by atoms with van der Waals surface area (Å²) in [6, 6.07) is 10.8. The Balaban J connectivity index is 0.988. The molecule has 2 fully saturated rings. The number of carbonyl (C=O) groups is 2. The number of nitrogens with one attached hydrogen (secondary N) is 1. The largest absolute Gasteiger partial charge is 0.497 e. The number of cyclic esters (lactones) is 1. The fraction of sp³-hybridized carbons (Fsp3) is 0.360. The van der Waals surface area contributed by atoms with E-state index in [9.17, 15) is 9.59 Å². The monoisotopic (exact) mass is 491 g/mol. The van der Waals surface area contributed by atoms with E-state index in [1.54, 1.807) is 36.4 Å². The van der Waals surface area contributed by atoms with Gasteiger partial charge in [-0.25, -0.2) is 14.8 Å². The van der Waals surface area contributed by atoms with Gasteiger partial charge in [-0.15, -0.1) is 0 Å². The minimum atomic E-state index is -0.394. The number of fused-ring (bicyclic) bond motifs is 2. The number of amides is 2. The van der Waals surface area contributed by atoms with Crippen LogP contribution in [0.4, 0.5) is 16.2 Å². The molecule has 0 saturated carbocycles. The fourth-order valence-corrected chi connectivity index (χ4v) is 4.66. The number of anilines is 2. The van der Waals surface area contributed by atoms with Gasteiger partial charge in [-0.1, -0.05) is 0 Å². The predicted octanol–water partition coefficient (Wildman–Crippen LogP) is 2.31. The van der Waals surface area contributed by atoms with Gasteiger partial charge in [-0.05, 0) is 30.3 Å². The van der Waals surface area contributed by atoms with Crippen LogP contribution in [-0.2, 0) is 9.53 Å². The van der Waals surface area contributed by atoms with Crippen molar-refractivity contribution >= 4 is 34.4 Å². The molecule has 0 aliphatic carbocycles. The number of aromatic nitrogens is 2. The molecule has 0 bridgehead atoms. The molecule has 1 atom stereocenters. The molecule has 1 unspecified atom stereocenters. The summed E-state index contributed by atoms with van der Waals surface area (Å²) in [5.74, 6) is 1.95. The van der Waals surface area contributed by atoms with E-state index in [0.29, 0.717) is 48.6 Å². The molecular formula is C25H25N5O6. The molecule has 11 heteroatoms. The zero-order chi connectivity index (χ0) is 24.6. The minimum absolute atomic E-state index is 0.00701. The van der Waals surface area contributed by atoms with Gasteiger partial charge in [0.2, 0.25) is 5.88 Å². The lowest BCUT2D eigenvalue weighted by Gasteiger charge is -2.39. The summed E-state index contributed by atoms with van der Waals surface area (Å²) in [6.07, 6.45) is 1.01. The molecule has 2 aromatic carbocycles. The van der Waals surface area contributed by atoms with Crippen molar-refractivity contribution in [2.24, 2.45) is 5.92 Å². The van der Waals surface area contributed by atoms with Gasteiger partial charge in [0.1, 0.15) is 17.6 Å². The summed E-state index contributed by atoms with van der Waals surface area (Å²) in [4.78, 5) is 36.8. The second-order valence-electron chi connectivity index (χ2n) is 9.09. The van der Waals surface area contributed by atoms with E-state index < -0.39 is 6.09 Å². The van der Waals surface area contributed by atoms with E-state index in [2.05, 4.69) is 20.2 Å². The van der Waals surface area contributed by atoms with E-state index in [4.69, 9.17) is 18.9 Å². The molecule has 11 nitrogen and oxygen atoms in total. The highest BCUT2D eigenvalue weighted by Gasteiger charge is 2.37. The zero-order valence-corrected chi connectivity index (χ0v) is 19.7. The third-order valence-electron chi connectivity index (χ3n) is 6.47. The molecule has 3 aliphatic heterocycles. The van der Waals surface area contributed by atoms with E-state index in [1.165, 1.54) is 0 Å². The van der Waals surface area contributed by atoms with Crippen LogP contribution in [0.25, 0.3) is 11.0 Å². The molecule has 1 N–H and O–H groups in total. The van der Waals surface area contributed by atoms with Crippen LogP contribution in [0.1, 0.15) is 0 Å². The number of likely N-dealkylation sites (tertiary alicyclic amines) is 1. The van der Waals surface area contributed by atoms with Crippen LogP contribution < -0.4 is 24.4 Å². The maximum absolute atomic E-state index is 12.5. The van der Waals surface area contributed by atoms with E-state index in [1.807, 2.05) is 18.2 Å². The molecule has 186 valence electrons. The van der Waals surface area contributed by atoms with Gasteiger partial charge in [0.25, 0.3) is 5.91 Å². The first-order valence-electron chi connectivity index (χ1n) is 11.7. The molecule has 0 spiro atoms. The Hall–Kier alpha value is -4.12. The number of ether oxygens (including phenoxy) is 4. The van der Waals surface area contributed by atoms with Crippen molar-refractivity contribution in [3.63, 3.8) is 0 Å². The Morgan fingerprint density at radius 2 is 2.00 bits per heavy atom. The Morgan fingerprint density at radius 3 is 2.86 bits per heavy atom. The topological polar surface area (TPSA) is 115 Å². The highest BCUT2D eigenvalue weighted by Crippen LogP contribution is 2.34. The van der Waals surface area contributed by atoms with Gasteiger partial charge in [0.05, 0.1) is 43.2 Å². The predicted molar refractivity (Wildman–Crippen MR) is 130 cm³/mol. The summed E-state index contributed by atoms with van der Waals surface area (Å²) < 4.78 is 22.1. The number of hydrogen-bond donors (Lipinski definition) is 1. The zero-order valence-electron chi connectivity index (χ0n) is 19.7. The van der Waals surface area contributed by atoms with Crippen LogP contribution in [0, 0.1) is 5.92 Å². The second kappa shape index (κ2) is 9.15. The second-order valence-corrected chi connectivity index (χ2v) is 9.09. The first-order chi connectivity index (χ1) is 17.5. The van der Waals surface area contributed by atoms with Gasteiger partial charge in [0, 0.05) is 37.3 Å². The highest BCUT2D eigenvalue weighted by molar-refractivity contribution is 5.97. The van der Waals surface area contributed by atoms with Gasteiger partial charge < -0.3 is 24.3 Å². The number of nitrogens with zero attached hydrogens (tertiary/aromatic N) is 4. The van der Waals surface area contributed by atoms with E-state index >= 15 is 0 Å². The van der Waals surface area contributed by atoms with Gasteiger partial charge in [0.15, 0.2) is 6.61 Å². The maximum atomic E-state index is 12.5. The normalized spacial score (nSPS) is 19.8. The molecule has 4 heterocycles. The van der Waals surface area contributed by atoms with Crippen molar-refractivity contribution in [2.75, 3.05) is 56.7 Å². The average Bonchev–Trinajstić information content (AvgIpc) is 3.24. The van der Waals surface area contributed by atoms with Crippen LogP contribution in [0.15, 0.2) is 42.6 Å². The van der Waals surface area contributed by atoms with Crippen molar-refractivity contribution in [3.8, 4) is 17.4 Å². The van der Waals surface area contributed by atoms with Crippen molar-refractivity contribution in [1.82, 2.24) is 14.9 Å². The quantitative estimate of drug-likeness (QED) is 0.532. The summed E-state index contributed by atoms with van der Waals surface area (Å²) in [7, 11) is 1.62. The number of methoxy groups -OCH3 is 1. The van der Waals surface area contributed by atoms with Gasteiger partial charge >= 0.3 is 6.09 Å². The Kier molecular flexibility index (Phi) is 5.68. The number of benzene rings is 2. The lowest BCUT2D eigenvalue weighted by molar-refractivity contribution is -0.118. The number of carbonyl (C=O) groups excluding carboxylic acids is 2. The standard InChI is InChI=1S/C25H25N5O6/c1-33-17-3-4-19-20(7-17)28-24(8-26-19)35-13-15-9-29(10-15)11-18-12-30(25(32)36-18)16-2-5-22-21(6-16)27-23(31)14-34-22/h2-8,15,18H,9-14H2,1H3,(H,27,31). The molecular weight excluding hydrogens is 466 g/mol. The minimum Gasteiger partial charge on any atom is -0.497 e. The Bertz CT molecular complexity index is 1330. The lowest BCUT2D eigenvalue weighted by atomic mass is 10.0. The van der Waals surface area contributed by atoms with Crippen LogP contribution in [0.5, 0.6) is 17.4 Å². The van der Waals surface area contributed by atoms with Crippen LogP contribution >= 0.6 is 0 Å². The third-order valence-corrected chi connectivity index (χ3v) is 6.47. The van der Waals surface area contributed by atoms with Crippen molar-refractivity contribution in [1.29, 1.82) is 0 Å². The molecule has 2 saturated heterocycles. The average molecular weight is 492 g/mol. The molecule has 0 radical (unpaired) electrons. The summed E-state index contributed by atoms with van der Waals surface area (Å²) in [5.41, 5.74) is 2.73. The van der Waals surface area contributed by atoms with Crippen LogP contribution in [-0.4, -0.2) is 79.5 Å². The van der Waals surface area contributed by atoms with E-state index in [-0.39, 0.29) is 18.6 Å². The van der Waals surface area contributed by atoms with Crippen LogP contribution in [0.3, 0.4) is 0 Å². The summed E-state index contributed by atoms with van der Waals surface area (Å²) in [5, 5.41) is 2.77. The van der Waals surface area contributed by atoms with Crippen molar-refractivity contribution in [2.45, 2.75) is 6.10 Å². The molecule has 36 heavy (non-hydrogen) atoms. The SMILES string of the molecule is COc1ccc2ncc(OCC3CN(CC4CN(c5ccc6c(c5)NC(=O)CO6)C(=O)O4)C3)nc2c1. The molecule has 3 aliphatic rings. The number of rotatable bonds is 7. The highest BCUT2D eigenvalue weighted by atomic mass is 16.6. The molecule has 3 aromatic rings. The van der Waals surface area contributed by atoms with Crippen molar-refractivity contribution in [3.05, 3.63) is 42.6 Å². The first-order valence-corrected chi connectivity index (χ1v) is 11.7. The van der Waals surface area contributed by atoms with E-state index in [0.717, 1.165) is 29.9 Å². The number of hydrogen-bond acceptors (Lipinski definition) is 9.